The van der Waals surface area contributed by atoms with Gasteiger partial charge in [0.15, 0.2) is 0 Å². The molecule has 3 aromatic rings. The SMILES string of the molecule is COCCN(Cc1c(C)nn(-c2ccccc2)c1Oc1cccc(F)c1)CC(O)COCC(C)C. The lowest BCUT2D eigenvalue weighted by Crippen LogP contribution is -2.37. The maximum Gasteiger partial charge on any atom is 0.227 e. The third kappa shape index (κ3) is 8.14. The molecule has 35 heavy (non-hydrogen) atoms. The number of para-hydroxylation sites is 1. The van der Waals surface area contributed by atoms with Crippen molar-refractivity contribution in [1.82, 2.24) is 14.7 Å². The first-order valence-corrected chi connectivity index (χ1v) is 11.9. The van der Waals surface area contributed by atoms with Crippen LogP contribution in [0.25, 0.3) is 5.69 Å². The largest absolute Gasteiger partial charge is 0.438 e. The summed E-state index contributed by atoms with van der Waals surface area (Å²) in [6, 6.07) is 15.7. The van der Waals surface area contributed by atoms with Gasteiger partial charge in [0.2, 0.25) is 5.88 Å². The van der Waals surface area contributed by atoms with Crippen LogP contribution in [0.1, 0.15) is 25.1 Å². The van der Waals surface area contributed by atoms with E-state index in [4.69, 9.17) is 19.3 Å². The van der Waals surface area contributed by atoms with Gasteiger partial charge in [-0.05, 0) is 37.1 Å². The summed E-state index contributed by atoms with van der Waals surface area (Å²) in [5.41, 5.74) is 2.47. The highest BCUT2D eigenvalue weighted by atomic mass is 19.1. The quantitative estimate of drug-likeness (QED) is 0.360. The zero-order chi connectivity index (χ0) is 25.2. The number of aromatic nitrogens is 2. The minimum atomic E-state index is -0.650. The van der Waals surface area contributed by atoms with Crippen LogP contribution in [0.3, 0.4) is 0 Å². The van der Waals surface area contributed by atoms with Crippen molar-refractivity contribution in [2.45, 2.75) is 33.4 Å². The van der Waals surface area contributed by atoms with Crippen LogP contribution in [0, 0.1) is 18.7 Å². The molecule has 1 aromatic heterocycles. The first kappa shape index (κ1) is 26.8. The Balaban J connectivity index is 1.89. The van der Waals surface area contributed by atoms with Crippen molar-refractivity contribution in [2.75, 3.05) is 40.0 Å². The Kier molecular flexibility index (Phi) is 10.2. The van der Waals surface area contributed by atoms with Gasteiger partial charge in [0, 0.05) is 39.4 Å². The number of rotatable bonds is 14. The minimum Gasteiger partial charge on any atom is -0.438 e. The summed E-state index contributed by atoms with van der Waals surface area (Å²) in [5, 5.41) is 15.3. The van der Waals surface area contributed by atoms with Crippen LogP contribution in [0.2, 0.25) is 0 Å². The molecule has 2 aromatic carbocycles. The summed E-state index contributed by atoms with van der Waals surface area (Å²) >= 11 is 0. The lowest BCUT2D eigenvalue weighted by atomic mass is 10.2. The fraction of sp³-hybridized carbons (Fsp3) is 0.444. The van der Waals surface area contributed by atoms with E-state index in [2.05, 4.69) is 18.7 Å². The van der Waals surface area contributed by atoms with Crippen LogP contribution in [-0.2, 0) is 16.0 Å². The lowest BCUT2D eigenvalue weighted by Gasteiger charge is -2.25. The normalized spacial score (nSPS) is 12.5. The number of nitrogens with zero attached hydrogens (tertiary/aromatic N) is 3. The molecule has 0 amide bonds. The molecule has 8 heteroatoms. The maximum absolute atomic E-state index is 13.9. The minimum absolute atomic E-state index is 0.260. The molecule has 7 nitrogen and oxygen atoms in total. The van der Waals surface area contributed by atoms with Crippen molar-refractivity contribution in [2.24, 2.45) is 5.92 Å². The highest BCUT2D eigenvalue weighted by Crippen LogP contribution is 2.32. The van der Waals surface area contributed by atoms with Gasteiger partial charge in [-0.2, -0.15) is 5.10 Å². The first-order chi connectivity index (χ1) is 16.9. The van der Waals surface area contributed by atoms with Crippen LogP contribution in [0.15, 0.2) is 54.6 Å². The van der Waals surface area contributed by atoms with E-state index in [9.17, 15) is 9.50 Å². The number of aliphatic hydroxyl groups excluding tert-OH is 1. The van der Waals surface area contributed by atoms with Crippen molar-refractivity contribution < 1.29 is 23.7 Å². The van der Waals surface area contributed by atoms with E-state index in [0.29, 0.717) is 50.4 Å². The number of aryl methyl sites for hydroxylation is 1. The molecule has 0 bridgehead atoms. The monoisotopic (exact) mass is 485 g/mol. The topological polar surface area (TPSA) is 69.0 Å². The van der Waals surface area contributed by atoms with Crippen LogP contribution in [0.5, 0.6) is 11.6 Å². The third-order valence-electron chi connectivity index (χ3n) is 5.37. The molecule has 0 fully saturated rings. The van der Waals surface area contributed by atoms with Crippen LogP contribution < -0.4 is 4.74 Å². The fourth-order valence-corrected chi connectivity index (χ4v) is 3.68. The number of ether oxygens (including phenoxy) is 3. The zero-order valence-electron chi connectivity index (χ0n) is 21.0. The Hall–Kier alpha value is -2.78. The summed E-state index contributed by atoms with van der Waals surface area (Å²) in [5.74, 6) is 0.916. The number of hydrogen-bond donors (Lipinski definition) is 1. The highest BCUT2D eigenvalue weighted by Gasteiger charge is 2.23. The van der Waals surface area contributed by atoms with Crippen molar-refractivity contribution in [3.8, 4) is 17.3 Å². The van der Waals surface area contributed by atoms with Gasteiger partial charge >= 0.3 is 0 Å². The number of halogens is 1. The number of hydrogen-bond acceptors (Lipinski definition) is 6. The molecule has 0 saturated heterocycles. The predicted octanol–water partition coefficient (Wildman–Crippen LogP) is 4.59. The Morgan fingerprint density at radius 3 is 2.54 bits per heavy atom. The number of methoxy groups -OCH3 is 1. The predicted molar refractivity (Wildman–Crippen MR) is 134 cm³/mol. The smallest absolute Gasteiger partial charge is 0.227 e. The maximum atomic E-state index is 13.9. The molecule has 0 spiro atoms. The molecule has 0 aliphatic carbocycles. The highest BCUT2D eigenvalue weighted by molar-refractivity contribution is 5.43. The molecule has 1 heterocycles. The van der Waals surface area contributed by atoms with Gasteiger partial charge in [-0.3, -0.25) is 4.90 Å². The molecule has 0 saturated carbocycles. The summed E-state index contributed by atoms with van der Waals surface area (Å²) < 4.78 is 32.7. The van der Waals surface area contributed by atoms with Crippen molar-refractivity contribution in [3.05, 3.63) is 71.7 Å². The molecule has 190 valence electrons. The van der Waals surface area contributed by atoms with Gasteiger partial charge < -0.3 is 19.3 Å². The summed E-state index contributed by atoms with van der Waals surface area (Å²) in [6.45, 7) is 8.91. The second-order valence-electron chi connectivity index (χ2n) is 8.99. The van der Waals surface area contributed by atoms with Crippen molar-refractivity contribution >= 4 is 0 Å². The van der Waals surface area contributed by atoms with E-state index >= 15 is 0 Å². The molecule has 3 rings (SSSR count). The van der Waals surface area contributed by atoms with Gasteiger partial charge in [-0.15, -0.1) is 0 Å². The van der Waals surface area contributed by atoms with E-state index in [1.165, 1.54) is 12.1 Å². The molecule has 1 atom stereocenters. The van der Waals surface area contributed by atoms with E-state index in [1.54, 1.807) is 23.9 Å². The second-order valence-corrected chi connectivity index (χ2v) is 8.99. The standard InChI is InChI=1S/C27H36FN3O4/c1-20(2)18-34-19-24(32)16-30(13-14-33-4)17-26-21(3)29-31(23-10-6-5-7-11-23)27(26)35-25-12-8-9-22(28)15-25/h5-12,15,20,24,32H,13-14,16-19H2,1-4H3. The Bertz CT molecular complexity index is 1040. The van der Waals surface area contributed by atoms with E-state index < -0.39 is 6.10 Å². The van der Waals surface area contributed by atoms with Gasteiger partial charge in [-0.25, -0.2) is 9.07 Å². The van der Waals surface area contributed by atoms with Crippen LogP contribution in [0.4, 0.5) is 4.39 Å². The van der Waals surface area contributed by atoms with Crippen LogP contribution in [-0.4, -0.2) is 65.9 Å². The lowest BCUT2D eigenvalue weighted by molar-refractivity contribution is 0.00323. The summed E-state index contributed by atoms with van der Waals surface area (Å²) in [4.78, 5) is 2.09. The number of benzene rings is 2. The van der Waals surface area contributed by atoms with Crippen LogP contribution >= 0.6 is 0 Å². The first-order valence-electron chi connectivity index (χ1n) is 11.9. The van der Waals surface area contributed by atoms with Crippen molar-refractivity contribution in [1.29, 1.82) is 0 Å². The zero-order valence-corrected chi connectivity index (χ0v) is 21.0. The van der Waals surface area contributed by atoms with Gasteiger partial charge in [0.05, 0.1) is 36.3 Å². The van der Waals surface area contributed by atoms with E-state index in [-0.39, 0.29) is 12.4 Å². The van der Waals surface area contributed by atoms with Crippen molar-refractivity contribution in [3.63, 3.8) is 0 Å². The Morgan fingerprint density at radius 1 is 1.09 bits per heavy atom. The number of aliphatic hydroxyl groups is 1. The molecular weight excluding hydrogens is 449 g/mol. The average Bonchev–Trinajstić information content (AvgIpc) is 3.12. The molecular formula is C27H36FN3O4. The summed E-state index contributed by atoms with van der Waals surface area (Å²) in [6.07, 6.45) is -0.650. The fourth-order valence-electron chi connectivity index (χ4n) is 3.68. The van der Waals surface area contributed by atoms with E-state index in [1.807, 2.05) is 37.3 Å². The Labute approximate surface area is 207 Å². The molecule has 1 N–H and O–H groups in total. The summed E-state index contributed by atoms with van der Waals surface area (Å²) in [7, 11) is 1.65. The van der Waals surface area contributed by atoms with E-state index in [0.717, 1.165) is 16.9 Å². The Morgan fingerprint density at radius 2 is 1.86 bits per heavy atom. The van der Waals surface area contributed by atoms with Gasteiger partial charge in [-0.1, -0.05) is 38.1 Å². The average molecular weight is 486 g/mol. The second kappa shape index (κ2) is 13.3. The van der Waals surface area contributed by atoms with Gasteiger partial charge in [0.1, 0.15) is 11.6 Å². The molecule has 0 aliphatic heterocycles. The third-order valence-corrected chi connectivity index (χ3v) is 5.37. The molecule has 1 unspecified atom stereocenters. The van der Waals surface area contributed by atoms with Gasteiger partial charge in [0.25, 0.3) is 0 Å². The molecule has 0 aliphatic rings. The molecule has 0 radical (unpaired) electrons.